The highest BCUT2D eigenvalue weighted by Gasteiger charge is 2.26. The molecule has 3 heterocycles. The van der Waals surface area contributed by atoms with E-state index in [0.29, 0.717) is 19.0 Å². The van der Waals surface area contributed by atoms with Gasteiger partial charge >= 0.3 is 0 Å². The zero-order chi connectivity index (χ0) is 23.8. The molecule has 3 aromatic rings. The Morgan fingerprint density at radius 2 is 1.79 bits per heavy atom. The van der Waals surface area contributed by atoms with E-state index in [-0.39, 0.29) is 0 Å². The fourth-order valence-electron chi connectivity index (χ4n) is 3.68. The van der Waals surface area contributed by atoms with Crippen molar-refractivity contribution >= 4 is 5.57 Å². The summed E-state index contributed by atoms with van der Waals surface area (Å²) >= 11 is 0. The number of methoxy groups -OCH3 is 1. The van der Waals surface area contributed by atoms with Gasteiger partial charge in [0.25, 0.3) is 0 Å². The van der Waals surface area contributed by atoms with Crippen molar-refractivity contribution in [3.8, 4) is 11.6 Å². The monoisotopic (exact) mass is 443 g/mol. The first-order valence-electron chi connectivity index (χ1n) is 11.3. The van der Waals surface area contributed by atoms with Crippen LogP contribution in [0.2, 0.25) is 0 Å². The van der Waals surface area contributed by atoms with E-state index in [1.165, 1.54) is 11.1 Å². The Labute approximate surface area is 197 Å². The van der Waals surface area contributed by atoms with Crippen molar-refractivity contribution in [2.75, 3.05) is 7.11 Å². The Balaban J connectivity index is 0.00000149. The smallest absolute Gasteiger partial charge is 0.213 e. The normalized spacial score (nSPS) is 13.1. The minimum absolute atomic E-state index is 0.598. The lowest BCUT2D eigenvalue weighted by Crippen LogP contribution is -2.22. The maximum absolute atomic E-state index is 5.40. The van der Waals surface area contributed by atoms with Gasteiger partial charge in [-0.25, -0.2) is 4.98 Å². The molecule has 0 aliphatic carbocycles. The van der Waals surface area contributed by atoms with Gasteiger partial charge in [0.1, 0.15) is 0 Å². The Hall–Kier alpha value is -3.51. The Bertz CT molecular complexity index is 1140. The Kier molecular flexibility index (Phi) is 8.33. The first-order valence-corrected chi connectivity index (χ1v) is 11.3. The van der Waals surface area contributed by atoms with Crippen molar-refractivity contribution in [3.05, 3.63) is 95.8 Å². The lowest BCUT2D eigenvalue weighted by molar-refractivity contribution is 0.241. The van der Waals surface area contributed by atoms with Crippen molar-refractivity contribution in [1.29, 1.82) is 0 Å². The lowest BCUT2D eigenvalue weighted by Gasteiger charge is -2.19. The third-order valence-corrected chi connectivity index (χ3v) is 5.17. The average Bonchev–Trinajstić information content (AvgIpc) is 3.17. The van der Waals surface area contributed by atoms with Gasteiger partial charge in [-0.1, -0.05) is 74.6 Å². The molecule has 0 amide bonds. The number of nitrogens with zero attached hydrogens (tertiary/aromatic N) is 5. The molecule has 172 valence electrons. The van der Waals surface area contributed by atoms with Crippen molar-refractivity contribution in [2.45, 2.75) is 47.3 Å². The van der Waals surface area contributed by atoms with E-state index < -0.39 is 0 Å². The summed E-state index contributed by atoms with van der Waals surface area (Å²) < 4.78 is 7.50. The number of pyridine rings is 1. The summed E-state index contributed by atoms with van der Waals surface area (Å²) in [6.07, 6.45) is 5.91. The second-order valence-corrected chi connectivity index (χ2v) is 7.80. The number of ether oxygens (including phenoxy) is 1. The second kappa shape index (κ2) is 11.4. The quantitative estimate of drug-likeness (QED) is 0.454. The van der Waals surface area contributed by atoms with Crippen molar-refractivity contribution in [1.82, 2.24) is 24.6 Å². The van der Waals surface area contributed by atoms with Crippen molar-refractivity contribution in [2.24, 2.45) is 0 Å². The van der Waals surface area contributed by atoms with Crippen LogP contribution in [-0.4, -0.2) is 31.8 Å². The number of rotatable bonds is 6. The van der Waals surface area contributed by atoms with Crippen LogP contribution in [0.25, 0.3) is 11.3 Å². The standard InChI is InChI=1S/C25H27N5O.C2H6/c1-5-20(12-11-18(2)3)25-28-27-23-17-29(15-19-9-7-6-8-10-19)16-21-22(30(23)25)13-14-24(26-21)31-4;1-2/h5-14H,1,15-17H2,2-4H3;1-2H3/b20-12+;. The molecule has 1 aromatic carbocycles. The molecule has 0 bridgehead atoms. The molecule has 0 N–H and O–H groups in total. The second-order valence-electron chi connectivity index (χ2n) is 7.80. The third kappa shape index (κ3) is 5.65. The van der Waals surface area contributed by atoms with Crippen LogP contribution in [0.4, 0.5) is 0 Å². The van der Waals surface area contributed by atoms with E-state index in [4.69, 9.17) is 9.72 Å². The molecule has 0 unspecified atom stereocenters. The van der Waals surface area contributed by atoms with Gasteiger partial charge in [0.05, 0.1) is 25.0 Å². The van der Waals surface area contributed by atoms with Crippen LogP contribution in [0, 0.1) is 0 Å². The molecule has 1 aliphatic heterocycles. The van der Waals surface area contributed by atoms with Gasteiger partial charge in [-0.3, -0.25) is 9.47 Å². The molecule has 6 nitrogen and oxygen atoms in total. The highest BCUT2D eigenvalue weighted by molar-refractivity contribution is 5.72. The van der Waals surface area contributed by atoms with Crippen LogP contribution < -0.4 is 4.74 Å². The summed E-state index contributed by atoms with van der Waals surface area (Å²) in [4.78, 5) is 7.09. The SMILES string of the molecule is C=C/C(=C\C=C(C)C)c1nnc2n1-c1ccc(OC)nc1CN(Cc1ccccc1)C2.CC. The first kappa shape index (κ1) is 24.1. The molecule has 2 aromatic heterocycles. The largest absolute Gasteiger partial charge is 0.481 e. The van der Waals surface area contributed by atoms with Crippen LogP contribution in [-0.2, 0) is 19.6 Å². The number of fused-ring (bicyclic) bond motifs is 3. The minimum Gasteiger partial charge on any atom is -0.481 e. The summed E-state index contributed by atoms with van der Waals surface area (Å²) in [5, 5.41) is 9.08. The van der Waals surface area contributed by atoms with Gasteiger partial charge in [-0.05, 0) is 25.5 Å². The molecule has 4 rings (SSSR count). The van der Waals surface area contributed by atoms with Crippen molar-refractivity contribution < 1.29 is 4.74 Å². The van der Waals surface area contributed by atoms with E-state index in [2.05, 4.69) is 70.4 Å². The molecule has 0 saturated carbocycles. The topological polar surface area (TPSA) is 56.1 Å². The highest BCUT2D eigenvalue weighted by atomic mass is 16.5. The first-order chi connectivity index (χ1) is 16.1. The van der Waals surface area contributed by atoms with Crippen LogP contribution in [0.1, 0.15) is 50.6 Å². The molecular formula is C27H33N5O. The molecule has 0 radical (unpaired) electrons. The number of hydrogen-bond donors (Lipinski definition) is 0. The van der Waals surface area contributed by atoms with Crippen molar-refractivity contribution in [3.63, 3.8) is 0 Å². The van der Waals surface area contributed by atoms with E-state index in [1.54, 1.807) is 7.11 Å². The summed E-state index contributed by atoms with van der Waals surface area (Å²) in [5.74, 6) is 2.24. The van der Waals surface area contributed by atoms with Gasteiger partial charge < -0.3 is 4.74 Å². The van der Waals surface area contributed by atoms with E-state index in [9.17, 15) is 0 Å². The summed E-state index contributed by atoms with van der Waals surface area (Å²) in [5.41, 5.74) is 5.27. The van der Waals surface area contributed by atoms with Crippen LogP contribution in [0.5, 0.6) is 5.88 Å². The number of aromatic nitrogens is 4. The average molecular weight is 444 g/mol. The lowest BCUT2D eigenvalue weighted by atomic mass is 10.2. The Morgan fingerprint density at radius 3 is 2.45 bits per heavy atom. The van der Waals surface area contributed by atoms with Crippen LogP contribution in [0.15, 0.2) is 72.8 Å². The van der Waals surface area contributed by atoms with Gasteiger partial charge in [0.2, 0.25) is 5.88 Å². The molecule has 0 spiro atoms. The fraction of sp³-hybridized carbons (Fsp3) is 0.296. The molecule has 33 heavy (non-hydrogen) atoms. The number of benzene rings is 1. The van der Waals surface area contributed by atoms with Gasteiger partial charge in [-0.2, -0.15) is 0 Å². The minimum atomic E-state index is 0.598. The van der Waals surface area contributed by atoms with E-state index in [1.807, 2.05) is 44.2 Å². The van der Waals surface area contributed by atoms with Gasteiger partial charge in [0.15, 0.2) is 11.6 Å². The van der Waals surface area contributed by atoms with E-state index in [0.717, 1.165) is 35.1 Å². The summed E-state index contributed by atoms with van der Waals surface area (Å²) in [6, 6.07) is 14.3. The molecule has 1 aliphatic rings. The predicted octanol–water partition coefficient (Wildman–Crippen LogP) is 5.75. The predicted molar refractivity (Wildman–Crippen MR) is 134 cm³/mol. The zero-order valence-electron chi connectivity index (χ0n) is 20.2. The van der Waals surface area contributed by atoms with Crippen LogP contribution in [0.3, 0.4) is 0 Å². The third-order valence-electron chi connectivity index (χ3n) is 5.17. The summed E-state index contributed by atoms with van der Waals surface area (Å²) in [7, 11) is 1.64. The maximum Gasteiger partial charge on any atom is 0.213 e. The van der Waals surface area contributed by atoms with E-state index >= 15 is 0 Å². The molecule has 6 heteroatoms. The van der Waals surface area contributed by atoms with Gasteiger partial charge in [-0.15, -0.1) is 10.2 Å². The molecule has 0 fully saturated rings. The molecule has 0 saturated heterocycles. The maximum atomic E-state index is 5.40. The molecular weight excluding hydrogens is 410 g/mol. The molecule has 0 atom stereocenters. The fourth-order valence-corrected chi connectivity index (χ4v) is 3.68. The van der Waals surface area contributed by atoms with Gasteiger partial charge in [0, 0.05) is 24.7 Å². The summed E-state index contributed by atoms with van der Waals surface area (Å²) in [6.45, 7) is 14.3. The number of hydrogen-bond acceptors (Lipinski definition) is 5. The highest BCUT2D eigenvalue weighted by Crippen LogP contribution is 2.29. The zero-order valence-corrected chi connectivity index (χ0v) is 20.2. The van der Waals surface area contributed by atoms with Crippen LogP contribution >= 0.6 is 0 Å². The Morgan fingerprint density at radius 1 is 1.03 bits per heavy atom. The number of allylic oxidation sites excluding steroid dienone is 5.